The van der Waals surface area contributed by atoms with Crippen LogP contribution in [-0.2, 0) is 9.53 Å². The van der Waals surface area contributed by atoms with Crippen LogP contribution < -0.4 is 15.5 Å². The van der Waals surface area contributed by atoms with Gasteiger partial charge in [0.25, 0.3) is 0 Å². The predicted octanol–water partition coefficient (Wildman–Crippen LogP) is 3.67. The van der Waals surface area contributed by atoms with Crippen LogP contribution in [0.15, 0.2) is 35.5 Å². The number of ether oxygens (including phenoxy) is 1. The zero-order valence-corrected chi connectivity index (χ0v) is 16.9. The lowest BCUT2D eigenvalue weighted by atomic mass is 9.95. The molecule has 2 N–H and O–H groups in total. The van der Waals surface area contributed by atoms with E-state index in [4.69, 9.17) is 17.0 Å². The molecule has 0 spiro atoms. The highest BCUT2D eigenvalue weighted by Gasteiger charge is 2.30. The molecule has 142 valence electrons. The number of hydrogen-bond acceptors (Lipinski definition) is 4. The SMILES string of the molecule is CCCCOC(=O)C1=C(C)NC(=S)N[C@@H]1c1ccc(N(CC)CC)cc1. The Morgan fingerprint density at radius 1 is 1.19 bits per heavy atom. The fraction of sp³-hybridized carbons (Fsp3) is 0.500. The van der Waals surface area contributed by atoms with Gasteiger partial charge in [-0.05, 0) is 57.1 Å². The van der Waals surface area contributed by atoms with Crippen LogP contribution in [0.4, 0.5) is 5.69 Å². The molecule has 1 aromatic rings. The van der Waals surface area contributed by atoms with E-state index in [1.165, 1.54) is 5.69 Å². The Morgan fingerprint density at radius 3 is 2.42 bits per heavy atom. The summed E-state index contributed by atoms with van der Waals surface area (Å²) < 4.78 is 5.45. The number of nitrogens with zero attached hydrogens (tertiary/aromatic N) is 1. The number of rotatable bonds is 8. The van der Waals surface area contributed by atoms with Gasteiger partial charge in [0.05, 0.1) is 18.2 Å². The molecule has 1 atom stereocenters. The van der Waals surface area contributed by atoms with Gasteiger partial charge in [-0.2, -0.15) is 0 Å². The van der Waals surface area contributed by atoms with Crippen molar-refractivity contribution >= 4 is 29.0 Å². The Bertz CT molecular complexity index is 666. The van der Waals surface area contributed by atoms with E-state index in [0.717, 1.165) is 37.2 Å². The Hall–Kier alpha value is -2.08. The highest BCUT2D eigenvalue weighted by Crippen LogP contribution is 2.29. The third-order valence-electron chi connectivity index (χ3n) is 4.58. The summed E-state index contributed by atoms with van der Waals surface area (Å²) in [5, 5.41) is 6.77. The van der Waals surface area contributed by atoms with Gasteiger partial charge in [-0.15, -0.1) is 0 Å². The van der Waals surface area contributed by atoms with Crippen LogP contribution in [0.1, 0.15) is 52.1 Å². The zero-order chi connectivity index (χ0) is 19.1. The van der Waals surface area contributed by atoms with E-state index in [1.807, 2.05) is 19.1 Å². The first-order valence-electron chi connectivity index (χ1n) is 9.32. The van der Waals surface area contributed by atoms with Crippen molar-refractivity contribution < 1.29 is 9.53 Å². The van der Waals surface area contributed by atoms with Crippen molar-refractivity contribution in [2.24, 2.45) is 0 Å². The molecule has 1 aliphatic rings. The Labute approximate surface area is 161 Å². The average Bonchev–Trinajstić information content (AvgIpc) is 2.62. The molecule has 0 fully saturated rings. The van der Waals surface area contributed by atoms with Gasteiger partial charge < -0.3 is 20.3 Å². The maximum absolute atomic E-state index is 12.6. The minimum absolute atomic E-state index is 0.295. The van der Waals surface area contributed by atoms with E-state index in [9.17, 15) is 4.79 Å². The number of carbonyl (C=O) groups is 1. The predicted molar refractivity (Wildman–Crippen MR) is 110 cm³/mol. The summed E-state index contributed by atoms with van der Waals surface area (Å²) in [6.45, 7) is 10.6. The molecule has 1 aromatic carbocycles. The number of esters is 1. The fourth-order valence-electron chi connectivity index (χ4n) is 3.07. The third-order valence-corrected chi connectivity index (χ3v) is 4.80. The molecular formula is C20H29N3O2S. The molecule has 6 heteroatoms. The molecule has 5 nitrogen and oxygen atoms in total. The van der Waals surface area contributed by atoms with Gasteiger partial charge in [0, 0.05) is 24.5 Å². The second kappa shape index (κ2) is 9.57. The molecule has 1 aliphatic heterocycles. The number of hydrogen-bond donors (Lipinski definition) is 2. The topological polar surface area (TPSA) is 53.6 Å². The first-order chi connectivity index (χ1) is 12.5. The van der Waals surface area contributed by atoms with Crippen molar-refractivity contribution in [1.82, 2.24) is 10.6 Å². The van der Waals surface area contributed by atoms with Crippen LogP contribution in [0.5, 0.6) is 0 Å². The monoisotopic (exact) mass is 375 g/mol. The first kappa shape index (κ1) is 20.2. The van der Waals surface area contributed by atoms with E-state index >= 15 is 0 Å². The molecule has 1 heterocycles. The van der Waals surface area contributed by atoms with Crippen molar-refractivity contribution in [1.29, 1.82) is 0 Å². The lowest BCUT2D eigenvalue weighted by Gasteiger charge is -2.30. The van der Waals surface area contributed by atoms with Crippen LogP contribution in [0.3, 0.4) is 0 Å². The molecule has 26 heavy (non-hydrogen) atoms. The summed E-state index contributed by atoms with van der Waals surface area (Å²) >= 11 is 5.29. The summed E-state index contributed by atoms with van der Waals surface area (Å²) in [5.74, 6) is -0.295. The number of carbonyl (C=O) groups excluding carboxylic acids is 1. The van der Waals surface area contributed by atoms with Gasteiger partial charge in [0.2, 0.25) is 0 Å². The van der Waals surface area contributed by atoms with Gasteiger partial charge in [-0.1, -0.05) is 25.5 Å². The van der Waals surface area contributed by atoms with Crippen LogP contribution in [-0.4, -0.2) is 30.8 Å². The Kier molecular flexibility index (Phi) is 7.45. The van der Waals surface area contributed by atoms with Crippen LogP contribution >= 0.6 is 12.2 Å². The highest BCUT2D eigenvalue weighted by atomic mass is 32.1. The van der Waals surface area contributed by atoms with Gasteiger partial charge in [-0.25, -0.2) is 4.79 Å². The molecule has 0 saturated carbocycles. The van der Waals surface area contributed by atoms with Crippen molar-refractivity contribution in [3.63, 3.8) is 0 Å². The van der Waals surface area contributed by atoms with Gasteiger partial charge >= 0.3 is 5.97 Å². The lowest BCUT2D eigenvalue weighted by molar-refractivity contribution is -0.139. The minimum atomic E-state index is -0.302. The van der Waals surface area contributed by atoms with E-state index < -0.39 is 0 Å². The van der Waals surface area contributed by atoms with Crippen LogP contribution in [0.25, 0.3) is 0 Å². The molecule has 0 aliphatic carbocycles. The largest absolute Gasteiger partial charge is 0.462 e. The molecule has 0 radical (unpaired) electrons. The molecule has 0 saturated heterocycles. The van der Waals surface area contributed by atoms with E-state index in [1.54, 1.807) is 0 Å². The maximum Gasteiger partial charge on any atom is 0.338 e. The molecule has 0 unspecified atom stereocenters. The summed E-state index contributed by atoms with van der Waals surface area (Å²) in [4.78, 5) is 14.9. The number of benzene rings is 1. The Balaban J connectivity index is 2.27. The van der Waals surface area contributed by atoms with Gasteiger partial charge in [0.1, 0.15) is 0 Å². The summed E-state index contributed by atoms with van der Waals surface area (Å²) in [6.07, 6.45) is 1.85. The number of allylic oxidation sites excluding steroid dienone is 1. The third kappa shape index (κ3) is 4.75. The molecule has 0 bridgehead atoms. The zero-order valence-electron chi connectivity index (χ0n) is 16.1. The smallest absolute Gasteiger partial charge is 0.338 e. The number of nitrogens with one attached hydrogen (secondary N) is 2. The van der Waals surface area contributed by atoms with Crippen molar-refractivity contribution in [2.45, 2.75) is 46.6 Å². The highest BCUT2D eigenvalue weighted by molar-refractivity contribution is 7.80. The molecular weight excluding hydrogens is 346 g/mol. The van der Waals surface area contributed by atoms with E-state index in [0.29, 0.717) is 17.3 Å². The quantitative estimate of drug-likeness (QED) is 0.411. The summed E-state index contributed by atoms with van der Waals surface area (Å²) in [7, 11) is 0. The number of unbranched alkanes of at least 4 members (excludes halogenated alkanes) is 1. The van der Waals surface area contributed by atoms with E-state index in [2.05, 4.69) is 48.4 Å². The van der Waals surface area contributed by atoms with Gasteiger partial charge in [-0.3, -0.25) is 0 Å². The maximum atomic E-state index is 12.6. The first-order valence-corrected chi connectivity index (χ1v) is 9.72. The lowest BCUT2D eigenvalue weighted by Crippen LogP contribution is -2.45. The van der Waals surface area contributed by atoms with Crippen LogP contribution in [0.2, 0.25) is 0 Å². The van der Waals surface area contributed by atoms with E-state index in [-0.39, 0.29) is 12.0 Å². The minimum Gasteiger partial charge on any atom is -0.462 e. The molecule has 2 rings (SSSR count). The second-order valence-electron chi connectivity index (χ2n) is 6.32. The van der Waals surface area contributed by atoms with Crippen molar-refractivity contribution in [3.05, 3.63) is 41.1 Å². The normalized spacial score (nSPS) is 16.8. The second-order valence-corrected chi connectivity index (χ2v) is 6.73. The Morgan fingerprint density at radius 2 is 1.85 bits per heavy atom. The molecule has 0 aromatic heterocycles. The van der Waals surface area contributed by atoms with Gasteiger partial charge in [0.15, 0.2) is 5.11 Å². The fourth-order valence-corrected chi connectivity index (χ4v) is 3.34. The average molecular weight is 376 g/mol. The standard InChI is InChI=1S/C20H29N3O2S/c1-5-8-13-25-19(24)17-14(4)21-20(26)22-18(17)15-9-11-16(12-10-15)23(6-2)7-3/h9-12,18H,5-8,13H2,1-4H3,(H2,21,22,26)/t18-/m1/s1. The summed E-state index contributed by atoms with van der Waals surface area (Å²) in [5.41, 5.74) is 3.49. The number of thiocarbonyl (C=S) groups is 1. The van der Waals surface area contributed by atoms with Crippen molar-refractivity contribution in [3.8, 4) is 0 Å². The summed E-state index contributed by atoms with van der Waals surface area (Å²) in [6, 6.07) is 7.97. The van der Waals surface area contributed by atoms with Crippen molar-refractivity contribution in [2.75, 3.05) is 24.6 Å². The molecule has 0 amide bonds. The van der Waals surface area contributed by atoms with Crippen LogP contribution in [0, 0.1) is 0 Å². The number of anilines is 1.